The number of hydrogen-bond acceptors (Lipinski definition) is 3. The first-order valence-corrected chi connectivity index (χ1v) is 4.18. The van der Waals surface area contributed by atoms with Gasteiger partial charge in [-0.2, -0.15) is 10.2 Å². The van der Waals surface area contributed by atoms with Crippen molar-refractivity contribution >= 4 is 0 Å². The molecule has 13 heavy (non-hydrogen) atoms. The summed E-state index contributed by atoms with van der Waals surface area (Å²) in [5, 5.41) is 7.75. The highest BCUT2D eigenvalue weighted by molar-refractivity contribution is 5.74. The van der Waals surface area contributed by atoms with E-state index < -0.39 is 0 Å². The minimum atomic E-state index is 0.939. The van der Waals surface area contributed by atoms with Crippen molar-refractivity contribution in [3.05, 3.63) is 42.0 Å². The normalized spacial score (nSPS) is 12.3. The third-order valence-corrected chi connectivity index (χ3v) is 2.39. The molecule has 3 heteroatoms. The molecule has 0 saturated carbocycles. The Bertz CT molecular complexity index is 422. The van der Waals surface area contributed by atoms with Crippen LogP contribution < -0.4 is 0 Å². The maximum absolute atomic E-state index is 4.10. The Balaban J connectivity index is 2.32. The van der Waals surface area contributed by atoms with Gasteiger partial charge in [0, 0.05) is 24.4 Å². The molecule has 0 radical (unpaired) electrons. The topological polar surface area (TPSA) is 38.7 Å². The van der Waals surface area contributed by atoms with Crippen LogP contribution in [-0.4, -0.2) is 15.2 Å². The first-order valence-electron chi connectivity index (χ1n) is 4.18. The fraction of sp³-hybridized carbons (Fsp3) is 0.100. The number of nitrogens with zero attached hydrogens (tertiary/aromatic N) is 3. The van der Waals surface area contributed by atoms with Gasteiger partial charge in [-0.05, 0) is 22.8 Å². The van der Waals surface area contributed by atoms with Gasteiger partial charge in [0.2, 0.25) is 0 Å². The maximum atomic E-state index is 4.10. The van der Waals surface area contributed by atoms with Crippen LogP contribution in [0, 0.1) is 0 Å². The van der Waals surface area contributed by atoms with Gasteiger partial charge in [-0.1, -0.05) is 0 Å². The summed E-state index contributed by atoms with van der Waals surface area (Å²) in [4.78, 5) is 4.10. The molecule has 0 unspecified atom stereocenters. The summed E-state index contributed by atoms with van der Waals surface area (Å²) >= 11 is 0. The highest BCUT2D eigenvalue weighted by atomic mass is 15.1. The predicted octanol–water partition coefficient (Wildman–Crippen LogP) is 1.44. The van der Waals surface area contributed by atoms with Gasteiger partial charge in [-0.15, -0.1) is 0 Å². The van der Waals surface area contributed by atoms with Crippen LogP contribution in [-0.2, 0) is 6.42 Å². The van der Waals surface area contributed by atoms with Crippen LogP contribution in [0.1, 0.15) is 11.1 Å². The number of pyridine rings is 1. The van der Waals surface area contributed by atoms with E-state index in [9.17, 15) is 0 Å². The van der Waals surface area contributed by atoms with Crippen molar-refractivity contribution in [1.82, 2.24) is 15.2 Å². The monoisotopic (exact) mass is 169 g/mol. The number of aromatic nitrogens is 3. The van der Waals surface area contributed by atoms with E-state index in [0.717, 1.165) is 6.42 Å². The Morgan fingerprint density at radius 1 is 0.923 bits per heavy atom. The average molecular weight is 169 g/mol. The van der Waals surface area contributed by atoms with Crippen LogP contribution in [0.5, 0.6) is 0 Å². The van der Waals surface area contributed by atoms with Crippen molar-refractivity contribution in [3.8, 4) is 11.1 Å². The molecule has 2 aromatic rings. The lowest BCUT2D eigenvalue weighted by atomic mass is 10.1. The molecule has 0 fully saturated rings. The first kappa shape index (κ1) is 6.71. The molecule has 0 amide bonds. The molecule has 62 valence electrons. The van der Waals surface area contributed by atoms with E-state index >= 15 is 0 Å². The van der Waals surface area contributed by atoms with Gasteiger partial charge < -0.3 is 0 Å². The highest BCUT2D eigenvalue weighted by Crippen LogP contribution is 2.34. The quantitative estimate of drug-likeness (QED) is 0.511. The second kappa shape index (κ2) is 2.36. The molecule has 0 spiro atoms. The summed E-state index contributed by atoms with van der Waals surface area (Å²) in [5.41, 5.74) is 4.97. The molecule has 0 N–H and O–H groups in total. The zero-order valence-corrected chi connectivity index (χ0v) is 6.94. The molecule has 3 nitrogen and oxygen atoms in total. The minimum Gasteiger partial charge on any atom is -0.264 e. The minimum absolute atomic E-state index is 0.939. The zero-order chi connectivity index (χ0) is 8.67. The average Bonchev–Trinajstić information content (AvgIpc) is 2.56. The van der Waals surface area contributed by atoms with Gasteiger partial charge in [0.25, 0.3) is 0 Å². The molecule has 0 saturated heterocycles. The molecule has 2 heterocycles. The number of fused-ring (bicyclic) bond motifs is 3. The summed E-state index contributed by atoms with van der Waals surface area (Å²) in [6.45, 7) is 0. The molecular weight excluding hydrogens is 162 g/mol. The van der Waals surface area contributed by atoms with E-state index in [4.69, 9.17) is 0 Å². The van der Waals surface area contributed by atoms with Crippen molar-refractivity contribution in [1.29, 1.82) is 0 Å². The summed E-state index contributed by atoms with van der Waals surface area (Å²) in [6.07, 6.45) is 8.31. The molecular formula is C10H7N3. The lowest BCUT2D eigenvalue weighted by molar-refractivity contribution is 1.01. The maximum Gasteiger partial charge on any atom is 0.0577 e. The van der Waals surface area contributed by atoms with Crippen molar-refractivity contribution < 1.29 is 0 Å². The van der Waals surface area contributed by atoms with E-state index in [1.165, 1.54) is 22.3 Å². The van der Waals surface area contributed by atoms with Gasteiger partial charge in [-0.3, -0.25) is 4.98 Å². The summed E-state index contributed by atoms with van der Waals surface area (Å²) in [5.74, 6) is 0. The van der Waals surface area contributed by atoms with Gasteiger partial charge in [0.15, 0.2) is 0 Å². The summed E-state index contributed by atoms with van der Waals surface area (Å²) in [6, 6.07) is 2.03. The largest absolute Gasteiger partial charge is 0.264 e. The fourth-order valence-electron chi connectivity index (χ4n) is 1.77. The van der Waals surface area contributed by atoms with Gasteiger partial charge in [0.05, 0.1) is 12.4 Å². The SMILES string of the molecule is c1cc2c(cn1)Cc1cnncc1-2. The lowest BCUT2D eigenvalue weighted by Gasteiger charge is -1.96. The highest BCUT2D eigenvalue weighted by Gasteiger charge is 2.17. The number of hydrogen-bond donors (Lipinski definition) is 0. The van der Waals surface area contributed by atoms with Crippen molar-refractivity contribution in [2.24, 2.45) is 0 Å². The van der Waals surface area contributed by atoms with Gasteiger partial charge >= 0.3 is 0 Å². The van der Waals surface area contributed by atoms with Crippen molar-refractivity contribution in [2.75, 3.05) is 0 Å². The zero-order valence-electron chi connectivity index (χ0n) is 6.94. The Hall–Kier alpha value is -1.77. The smallest absolute Gasteiger partial charge is 0.0577 e. The van der Waals surface area contributed by atoms with Crippen LogP contribution in [0.3, 0.4) is 0 Å². The summed E-state index contributed by atoms with van der Waals surface area (Å²) in [7, 11) is 0. The van der Waals surface area contributed by atoms with Crippen LogP contribution >= 0.6 is 0 Å². The van der Waals surface area contributed by atoms with E-state index in [0.29, 0.717) is 0 Å². The van der Waals surface area contributed by atoms with E-state index in [1.807, 2.05) is 30.9 Å². The molecule has 1 aliphatic rings. The third-order valence-electron chi connectivity index (χ3n) is 2.39. The molecule has 2 aromatic heterocycles. The Kier molecular flexibility index (Phi) is 1.22. The number of rotatable bonds is 0. The Morgan fingerprint density at radius 2 is 1.77 bits per heavy atom. The molecule has 1 aliphatic carbocycles. The lowest BCUT2D eigenvalue weighted by Crippen LogP contribution is -1.84. The molecule has 0 aliphatic heterocycles. The van der Waals surface area contributed by atoms with Crippen LogP contribution in [0.25, 0.3) is 11.1 Å². The standard InChI is InChI=1S/C10H7N3/c1-2-11-4-7-3-8-5-12-13-6-10(8)9(1)7/h1-2,4-6H,3H2. The first-order chi connectivity index (χ1) is 6.45. The van der Waals surface area contributed by atoms with E-state index in [-0.39, 0.29) is 0 Å². The fourth-order valence-corrected chi connectivity index (χ4v) is 1.77. The van der Waals surface area contributed by atoms with Crippen molar-refractivity contribution in [3.63, 3.8) is 0 Å². The van der Waals surface area contributed by atoms with Gasteiger partial charge in [0.1, 0.15) is 0 Å². The molecule has 0 aromatic carbocycles. The summed E-state index contributed by atoms with van der Waals surface area (Å²) < 4.78 is 0. The van der Waals surface area contributed by atoms with Crippen LogP contribution in [0.2, 0.25) is 0 Å². The molecule has 3 rings (SSSR count). The van der Waals surface area contributed by atoms with E-state index in [2.05, 4.69) is 15.2 Å². The van der Waals surface area contributed by atoms with Crippen LogP contribution in [0.4, 0.5) is 0 Å². The Morgan fingerprint density at radius 3 is 2.77 bits per heavy atom. The third kappa shape index (κ3) is 0.869. The second-order valence-corrected chi connectivity index (χ2v) is 3.14. The van der Waals surface area contributed by atoms with E-state index in [1.54, 1.807) is 0 Å². The predicted molar refractivity (Wildman–Crippen MR) is 48.1 cm³/mol. The molecule has 0 atom stereocenters. The van der Waals surface area contributed by atoms with Gasteiger partial charge in [-0.25, -0.2) is 0 Å². The van der Waals surface area contributed by atoms with Crippen molar-refractivity contribution in [2.45, 2.75) is 6.42 Å². The second-order valence-electron chi connectivity index (χ2n) is 3.14. The Labute approximate surface area is 75.5 Å². The molecule has 0 bridgehead atoms. The van der Waals surface area contributed by atoms with Crippen LogP contribution in [0.15, 0.2) is 30.9 Å².